The maximum absolute atomic E-state index is 11.7. The average molecular weight is 345 g/mol. The van der Waals surface area contributed by atoms with Crippen LogP contribution < -0.4 is 0 Å². The Morgan fingerprint density at radius 2 is 2.06 bits per heavy atom. The number of halogens is 2. The zero-order valence-corrected chi connectivity index (χ0v) is 11.3. The Morgan fingerprint density at radius 1 is 1.25 bits per heavy atom. The van der Waals surface area contributed by atoms with E-state index in [0.717, 1.165) is 10.2 Å². The highest BCUT2D eigenvalue weighted by Gasteiger charge is 2.11. The average Bonchev–Trinajstić information content (AvgIpc) is 2.68. The number of carbonyl (C=O) groups is 1. The molecule has 2 aromatic heterocycles. The van der Waals surface area contributed by atoms with Crippen LogP contribution in [0.2, 0.25) is 0 Å². The van der Waals surface area contributed by atoms with Gasteiger partial charge in [-0.25, -0.2) is 0 Å². The van der Waals surface area contributed by atoms with Gasteiger partial charge in [-0.15, -0.1) is 0 Å². The van der Waals surface area contributed by atoms with Crippen molar-refractivity contribution in [1.82, 2.24) is 4.98 Å². The summed E-state index contributed by atoms with van der Waals surface area (Å²) >= 11 is 6.44. The predicted molar refractivity (Wildman–Crippen MR) is 66.4 cm³/mol. The van der Waals surface area contributed by atoms with Gasteiger partial charge in [0.1, 0.15) is 0 Å². The summed E-state index contributed by atoms with van der Waals surface area (Å²) in [6, 6.07) is 7.00. The Labute approximate surface area is 109 Å². The lowest BCUT2D eigenvalue weighted by Crippen LogP contribution is -2.03. The summed E-state index contributed by atoms with van der Waals surface area (Å²) in [5.41, 5.74) is 0.723. The Hall–Kier alpha value is -0.940. The number of ketones is 1. The minimum absolute atomic E-state index is 0.0828. The standard InChI is InChI=1S/C11H7Br2NO2/c12-7-1-2-8(14-6-7)5-9(15)10-3-4-11(13)16-10/h1-4,6H,5H2. The van der Waals surface area contributed by atoms with Crippen LogP contribution in [0.5, 0.6) is 0 Å². The third-order valence-corrected chi connectivity index (χ3v) is 2.87. The lowest BCUT2D eigenvalue weighted by molar-refractivity contribution is 0.0964. The maximum atomic E-state index is 11.7. The molecule has 0 aliphatic heterocycles. The SMILES string of the molecule is O=C(Cc1ccc(Br)cn1)c1ccc(Br)o1. The Bertz CT molecular complexity index is 505. The fraction of sp³-hybridized carbons (Fsp3) is 0.0909. The molecule has 0 spiro atoms. The molecule has 2 rings (SSSR count). The topological polar surface area (TPSA) is 43.1 Å². The molecular formula is C11H7Br2NO2. The normalized spacial score (nSPS) is 10.4. The molecule has 0 saturated carbocycles. The van der Waals surface area contributed by atoms with Crippen molar-refractivity contribution in [2.24, 2.45) is 0 Å². The summed E-state index contributed by atoms with van der Waals surface area (Å²) in [5, 5.41) is 0. The molecule has 16 heavy (non-hydrogen) atoms. The molecule has 0 aromatic carbocycles. The van der Waals surface area contributed by atoms with Crippen molar-refractivity contribution < 1.29 is 9.21 Å². The largest absolute Gasteiger partial charge is 0.446 e. The van der Waals surface area contributed by atoms with Gasteiger partial charge in [0.05, 0.1) is 6.42 Å². The number of furan rings is 1. The Balaban J connectivity index is 2.10. The van der Waals surface area contributed by atoms with Gasteiger partial charge < -0.3 is 4.42 Å². The second-order valence-electron chi connectivity index (χ2n) is 3.17. The summed E-state index contributed by atoms with van der Waals surface area (Å²) < 4.78 is 6.62. The maximum Gasteiger partial charge on any atom is 0.203 e. The number of Topliss-reactive ketones (excluding diaryl/α,β-unsaturated/α-hetero) is 1. The van der Waals surface area contributed by atoms with Crippen LogP contribution in [0.3, 0.4) is 0 Å². The van der Waals surface area contributed by atoms with E-state index < -0.39 is 0 Å². The molecule has 82 valence electrons. The molecule has 2 heterocycles. The van der Waals surface area contributed by atoms with Crippen molar-refractivity contribution in [3.05, 3.63) is 51.1 Å². The fourth-order valence-corrected chi connectivity index (χ4v) is 1.77. The van der Waals surface area contributed by atoms with Gasteiger partial charge in [-0.1, -0.05) is 0 Å². The van der Waals surface area contributed by atoms with Crippen molar-refractivity contribution in [3.63, 3.8) is 0 Å². The molecule has 5 heteroatoms. The third kappa shape index (κ3) is 2.80. The minimum Gasteiger partial charge on any atom is -0.446 e. The number of aromatic nitrogens is 1. The van der Waals surface area contributed by atoms with Gasteiger partial charge in [-0.3, -0.25) is 9.78 Å². The number of pyridine rings is 1. The molecule has 0 fully saturated rings. The second-order valence-corrected chi connectivity index (χ2v) is 4.87. The van der Waals surface area contributed by atoms with E-state index in [4.69, 9.17) is 4.42 Å². The van der Waals surface area contributed by atoms with Crippen molar-refractivity contribution >= 4 is 37.6 Å². The first-order valence-corrected chi connectivity index (χ1v) is 6.13. The third-order valence-electron chi connectivity index (χ3n) is 1.98. The summed E-state index contributed by atoms with van der Waals surface area (Å²) in [6.07, 6.45) is 1.91. The van der Waals surface area contributed by atoms with Gasteiger partial charge >= 0.3 is 0 Å². The van der Waals surface area contributed by atoms with E-state index in [9.17, 15) is 4.79 Å². The summed E-state index contributed by atoms with van der Waals surface area (Å²) in [5.74, 6) is 0.261. The molecule has 3 nitrogen and oxygen atoms in total. The van der Waals surface area contributed by atoms with E-state index in [-0.39, 0.29) is 12.2 Å². The first-order valence-electron chi connectivity index (χ1n) is 4.54. The zero-order chi connectivity index (χ0) is 11.5. The van der Waals surface area contributed by atoms with E-state index in [1.165, 1.54) is 0 Å². The minimum atomic E-state index is -0.0828. The summed E-state index contributed by atoms with van der Waals surface area (Å²) in [6.45, 7) is 0. The van der Waals surface area contributed by atoms with E-state index in [1.54, 1.807) is 24.4 Å². The molecule has 0 saturated heterocycles. The number of nitrogens with zero attached hydrogens (tertiary/aromatic N) is 1. The number of rotatable bonds is 3. The van der Waals surface area contributed by atoms with Crippen molar-refractivity contribution in [2.75, 3.05) is 0 Å². The van der Waals surface area contributed by atoms with E-state index in [1.807, 2.05) is 6.07 Å². The van der Waals surface area contributed by atoms with Crippen LogP contribution in [-0.2, 0) is 6.42 Å². The van der Waals surface area contributed by atoms with Crippen LogP contribution in [0.1, 0.15) is 16.2 Å². The van der Waals surface area contributed by atoms with Crippen molar-refractivity contribution in [3.8, 4) is 0 Å². The number of hydrogen-bond donors (Lipinski definition) is 0. The van der Waals surface area contributed by atoms with Crippen LogP contribution in [0.4, 0.5) is 0 Å². The van der Waals surface area contributed by atoms with E-state index >= 15 is 0 Å². The number of carbonyl (C=O) groups excluding carboxylic acids is 1. The smallest absolute Gasteiger partial charge is 0.203 e. The van der Waals surface area contributed by atoms with Gasteiger partial charge in [0.15, 0.2) is 10.4 Å². The molecule has 0 aliphatic rings. The first kappa shape index (κ1) is 11.5. The Kier molecular flexibility index (Phi) is 3.56. The fourth-order valence-electron chi connectivity index (χ4n) is 1.23. The highest BCUT2D eigenvalue weighted by Crippen LogP contribution is 2.16. The lowest BCUT2D eigenvalue weighted by atomic mass is 10.2. The molecule has 0 amide bonds. The van der Waals surface area contributed by atoms with Crippen LogP contribution in [-0.4, -0.2) is 10.8 Å². The molecule has 0 aliphatic carbocycles. The van der Waals surface area contributed by atoms with E-state index in [0.29, 0.717) is 10.4 Å². The molecule has 0 atom stereocenters. The van der Waals surface area contributed by atoms with Gasteiger partial charge in [0.25, 0.3) is 0 Å². The highest BCUT2D eigenvalue weighted by molar-refractivity contribution is 9.10. The zero-order valence-electron chi connectivity index (χ0n) is 8.11. The molecule has 0 N–H and O–H groups in total. The van der Waals surface area contributed by atoms with Crippen LogP contribution in [0.25, 0.3) is 0 Å². The van der Waals surface area contributed by atoms with Gasteiger partial charge in [-0.05, 0) is 56.1 Å². The van der Waals surface area contributed by atoms with Gasteiger partial charge in [-0.2, -0.15) is 0 Å². The lowest BCUT2D eigenvalue weighted by Gasteiger charge is -1.98. The molecule has 0 unspecified atom stereocenters. The van der Waals surface area contributed by atoms with Crippen molar-refractivity contribution in [2.45, 2.75) is 6.42 Å². The van der Waals surface area contributed by atoms with Crippen LogP contribution >= 0.6 is 31.9 Å². The summed E-state index contributed by atoms with van der Waals surface area (Å²) in [7, 11) is 0. The monoisotopic (exact) mass is 343 g/mol. The van der Waals surface area contributed by atoms with Gasteiger partial charge in [0, 0.05) is 16.4 Å². The second kappa shape index (κ2) is 4.93. The quantitative estimate of drug-likeness (QED) is 0.798. The number of hydrogen-bond acceptors (Lipinski definition) is 3. The molecule has 0 radical (unpaired) electrons. The van der Waals surface area contributed by atoms with Crippen LogP contribution in [0.15, 0.2) is 44.0 Å². The van der Waals surface area contributed by atoms with Crippen molar-refractivity contribution in [1.29, 1.82) is 0 Å². The Morgan fingerprint density at radius 3 is 2.62 bits per heavy atom. The van der Waals surface area contributed by atoms with Gasteiger partial charge in [0.2, 0.25) is 5.78 Å². The van der Waals surface area contributed by atoms with Crippen LogP contribution in [0, 0.1) is 0 Å². The van der Waals surface area contributed by atoms with E-state index in [2.05, 4.69) is 36.8 Å². The molecule has 2 aromatic rings. The molecule has 0 bridgehead atoms. The highest BCUT2D eigenvalue weighted by atomic mass is 79.9. The molecular weight excluding hydrogens is 338 g/mol. The predicted octanol–water partition coefficient (Wildman–Crippen LogP) is 3.63. The summed E-state index contributed by atoms with van der Waals surface area (Å²) in [4.78, 5) is 15.9. The first-order chi connectivity index (χ1) is 7.65.